The second kappa shape index (κ2) is 8.89. The lowest BCUT2D eigenvalue weighted by atomic mass is 10.00. The van der Waals surface area contributed by atoms with E-state index in [2.05, 4.69) is 72.2 Å². The van der Waals surface area contributed by atoms with Crippen LogP contribution in [0.25, 0.3) is 0 Å². The molecule has 0 aliphatic carbocycles. The number of nitrogens with zero attached hydrogens (tertiary/aromatic N) is 2. The first-order valence-electron chi connectivity index (χ1n) is 10.4. The predicted octanol–water partition coefficient (Wildman–Crippen LogP) is 5.85. The van der Waals surface area contributed by atoms with Crippen LogP contribution in [0.2, 0.25) is 0 Å². The molecule has 1 aliphatic heterocycles. The van der Waals surface area contributed by atoms with Gasteiger partial charge >= 0.3 is 0 Å². The van der Waals surface area contributed by atoms with Gasteiger partial charge in [0.2, 0.25) is 0 Å². The van der Waals surface area contributed by atoms with Crippen molar-refractivity contribution in [2.75, 3.05) is 13.1 Å². The van der Waals surface area contributed by atoms with Crippen LogP contribution >= 0.6 is 0 Å². The molecule has 0 radical (unpaired) electrons. The summed E-state index contributed by atoms with van der Waals surface area (Å²) < 4.78 is 13.4. The van der Waals surface area contributed by atoms with Gasteiger partial charge in [-0.3, -0.25) is 9.80 Å². The zero-order chi connectivity index (χ0) is 20.2. The Hall–Kier alpha value is -2.49. The van der Waals surface area contributed by atoms with Crippen molar-refractivity contribution in [2.24, 2.45) is 0 Å². The van der Waals surface area contributed by atoms with E-state index >= 15 is 0 Å². The predicted molar refractivity (Wildman–Crippen MR) is 117 cm³/mol. The van der Waals surface area contributed by atoms with Crippen LogP contribution in [0.5, 0.6) is 0 Å². The molecule has 1 saturated heterocycles. The first-order chi connectivity index (χ1) is 14.1. The normalized spacial score (nSPS) is 18.1. The van der Waals surface area contributed by atoms with Crippen molar-refractivity contribution in [3.63, 3.8) is 0 Å². The molecule has 0 amide bonds. The minimum Gasteiger partial charge on any atom is -0.280 e. The molecule has 3 aromatic rings. The first-order valence-corrected chi connectivity index (χ1v) is 10.4. The first kappa shape index (κ1) is 19.8. The summed E-state index contributed by atoms with van der Waals surface area (Å²) in [7, 11) is 0. The van der Waals surface area contributed by atoms with Gasteiger partial charge in [-0.15, -0.1) is 0 Å². The minimum absolute atomic E-state index is 0.177. The van der Waals surface area contributed by atoms with Crippen LogP contribution in [0.15, 0.2) is 72.8 Å². The Bertz CT molecular complexity index is 878. The Morgan fingerprint density at radius 3 is 1.90 bits per heavy atom. The molecule has 0 saturated carbocycles. The summed E-state index contributed by atoms with van der Waals surface area (Å²) in [4.78, 5) is 5.12. The van der Waals surface area contributed by atoms with E-state index < -0.39 is 0 Å². The molecule has 4 rings (SSSR count). The van der Waals surface area contributed by atoms with Gasteiger partial charge in [-0.1, -0.05) is 66.2 Å². The van der Waals surface area contributed by atoms with Gasteiger partial charge in [-0.25, -0.2) is 4.39 Å². The van der Waals surface area contributed by atoms with Crippen molar-refractivity contribution in [2.45, 2.75) is 39.5 Å². The molecule has 1 fully saturated rings. The highest BCUT2D eigenvalue weighted by atomic mass is 19.1. The second-order valence-electron chi connectivity index (χ2n) is 8.14. The van der Waals surface area contributed by atoms with Crippen LogP contribution in [-0.4, -0.2) is 22.9 Å². The van der Waals surface area contributed by atoms with Crippen LogP contribution in [0, 0.1) is 19.7 Å². The number of halogens is 1. The van der Waals surface area contributed by atoms with E-state index in [0.29, 0.717) is 0 Å². The Kier molecular flexibility index (Phi) is 6.08. The van der Waals surface area contributed by atoms with E-state index in [1.54, 1.807) is 12.1 Å². The number of rotatable bonds is 5. The van der Waals surface area contributed by atoms with E-state index in [-0.39, 0.29) is 12.0 Å². The molecule has 0 unspecified atom stereocenters. The zero-order valence-corrected chi connectivity index (χ0v) is 17.3. The number of aryl methyl sites for hydroxylation is 2. The van der Waals surface area contributed by atoms with Crippen LogP contribution in [0.3, 0.4) is 0 Å². The summed E-state index contributed by atoms with van der Waals surface area (Å²) in [6.07, 6.45) is 1.35. The molecule has 3 heteroatoms. The molecule has 1 atom stereocenters. The molecule has 1 heterocycles. The van der Waals surface area contributed by atoms with Crippen LogP contribution in [-0.2, 0) is 13.1 Å². The lowest BCUT2D eigenvalue weighted by Crippen LogP contribution is -2.47. The van der Waals surface area contributed by atoms with Crippen molar-refractivity contribution in [1.82, 2.24) is 9.80 Å². The lowest BCUT2D eigenvalue weighted by Gasteiger charge is -2.45. The molecule has 0 aromatic heterocycles. The molecule has 150 valence electrons. The van der Waals surface area contributed by atoms with Crippen molar-refractivity contribution < 1.29 is 4.39 Å². The smallest absolute Gasteiger partial charge is 0.123 e. The van der Waals surface area contributed by atoms with Gasteiger partial charge < -0.3 is 0 Å². The van der Waals surface area contributed by atoms with Gasteiger partial charge in [-0.05, 0) is 54.7 Å². The fourth-order valence-corrected chi connectivity index (χ4v) is 4.31. The molecule has 3 aromatic carbocycles. The highest BCUT2D eigenvalue weighted by Gasteiger charge is 2.31. The monoisotopic (exact) mass is 388 g/mol. The van der Waals surface area contributed by atoms with Gasteiger partial charge in [-0.2, -0.15) is 0 Å². The maximum absolute atomic E-state index is 13.4. The fraction of sp³-hybridized carbons (Fsp3) is 0.308. The summed E-state index contributed by atoms with van der Waals surface area (Å²) in [6.45, 7) is 8.20. The fourth-order valence-electron chi connectivity index (χ4n) is 4.31. The minimum atomic E-state index is -0.177. The molecule has 0 bridgehead atoms. The third-order valence-corrected chi connectivity index (χ3v) is 5.85. The van der Waals surface area contributed by atoms with Crippen LogP contribution in [0.1, 0.15) is 40.4 Å². The highest BCUT2D eigenvalue weighted by molar-refractivity contribution is 5.30. The zero-order valence-electron chi connectivity index (χ0n) is 17.3. The molecule has 0 spiro atoms. The van der Waals surface area contributed by atoms with E-state index in [4.69, 9.17) is 0 Å². The van der Waals surface area contributed by atoms with E-state index in [0.717, 1.165) is 38.2 Å². The molecule has 1 aliphatic rings. The number of hydrogen-bond acceptors (Lipinski definition) is 2. The molecule has 0 N–H and O–H groups in total. The summed E-state index contributed by atoms with van der Waals surface area (Å²) >= 11 is 0. The molecule has 29 heavy (non-hydrogen) atoms. The average molecular weight is 389 g/mol. The Labute approximate surface area is 173 Å². The largest absolute Gasteiger partial charge is 0.280 e. The molecule has 2 nitrogen and oxygen atoms in total. The summed E-state index contributed by atoms with van der Waals surface area (Å²) in [6, 6.07) is 24.5. The van der Waals surface area contributed by atoms with Crippen molar-refractivity contribution in [3.8, 4) is 0 Å². The average Bonchev–Trinajstić information content (AvgIpc) is 2.72. The van der Waals surface area contributed by atoms with Gasteiger partial charge in [0.15, 0.2) is 0 Å². The van der Waals surface area contributed by atoms with E-state index in [1.165, 1.54) is 22.3 Å². The third-order valence-electron chi connectivity index (χ3n) is 5.85. The van der Waals surface area contributed by atoms with E-state index in [1.807, 2.05) is 12.1 Å². The highest BCUT2D eigenvalue weighted by Crippen LogP contribution is 2.33. The maximum Gasteiger partial charge on any atom is 0.123 e. The molecular formula is C26H29FN2. The van der Waals surface area contributed by atoms with Gasteiger partial charge in [0.1, 0.15) is 5.82 Å². The summed E-state index contributed by atoms with van der Waals surface area (Å²) in [5.74, 6) is -0.177. The van der Waals surface area contributed by atoms with E-state index in [9.17, 15) is 4.39 Å². The number of hydrogen-bond donors (Lipinski definition) is 0. The van der Waals surface area contributed by atoms with Crippen LogP contribution in [0.4, 0.5) is 4.39 Å². The maximum atomic E-state index is 13.4. The summed E-state index contributed by atoms with van der Waals surface area (Å²) in [5, 5.41) is 0. The Balaban J connectivity index is 1.64. The van der Waals surface area contributed by atoms with Gasteiger partial charge in [0, 0.05) is 26.2 Å². The van der Waals surface area contributed by atoms with Crippen molar-refractivity contribution in [3.05, 3.63) is 106 Å². The van der Waals surface area contributed by atoms with Gasteiger partial charge in [0.25, 0.3) is 0 Å². The Morgan fingerprint density at radius 2 is 1.31 bits per heavy atom. The standard InChI is InChI=1S/C26H29FN2/c1-20-8-10-22(11-9-20)18-28-16-5-17-29(19-23-12-14-24(27)15-13-23)26(28)25-7-4-3-6-21(25)2/h3-4,6-15,26H,5,16-19H2,1-2H3/t26-/m0/s1. The lowest BCUT2D eigenvalue weighted by molar-refractivity contribution is -0.00946. The topological polar surface area (TPSA) is 6.48 Å². The van der Waals surface area contributed by atoms with Crippen LogP contribution < -0.4 is 0 Å². The molecular weight excluding hydrogens is 359 g/mol. The SMILES string of the molecule is Cc1ccc(CN2CCCN(Cc3ccc(F)cc3)[C@H]2c2ccccc2C)cc1. The third kappa shape index (κ3) is 4.75. The van der Waals surface area contributed by atoms with Gasteiger partial charge in [0.05, 0.1) is 6.17 Å². The summed E-state index contributed by atoms with van der Waals surface area (Å²) in [5.41, 5.74) is 6.47. The van der Waals surface area contributed by atoms with Crippen molar-refractivity contribution >= 4 is 0 Å². The van der Waals surface area contributed by atoms with Crippen molar-refractivity contribution in [1.29, 1.82) is 0 Å². The quantitative estimate of drug-likeness (QED) is 0.541. The Morgan fingerprint density at radius 1 is 0.759 bits per heavy atom. The second-order valence-corrected chi connectivity index (χ2v) is 8.14. The number of benzene rings is 3.